The first-order valence-corrected chi connectivity index (χ1v) is 12.3. The number of carbonyl (C=O) groups excluding carboxylic acids is 1. The molecule has 0 radical (unpaired) electrons. The molecule has 0 spiro atoms. The number of anilines is 1. The van der Waals surface area contributed by atoms with Crippen molar-refractivity contribution in [3.8, 4) is 11.5 Å². The van der Waals surface area contributed by atoms with Gasteiger partial charge in [-0.3, -0.25) is 9.10 Å². The van der Waals surface area contributed by atoms with Crippen molar-refractivity contribution in [3.63, 3.8) is 0 Å². The Morgan fingerprint density at radius 3 is 2.72 bits per heavy atom. The van der Waals surface area contributed by atoms with Crippen LogP contribution in [0.5, 0.6) is 11.5 Å². The highest BCUT2D eigenvalue weighted by Gasteiger charge is 2.32. The molecule has 2 aliphatic rings. The summed E-state index contributed by atoms with van der Waals surface area (Å²) in [5, 5.41) is 2.79. The molecule has 2 aromatic rings. The van der Waals surface area contributed by atoms with Gasteiger partial charge in [-0.2, -0.15) is 0 Å². The van der Waals surface area contributed by atoms with Crippen LogP contribution in [-0.4, -0.2) is 45.4 Å². The van der Waals surface area contributed by atoms with Crippen molar-refractivity contribution in [2.75, 3.05) is 29.8 Å². The molecule has 32 heavy (non-hydrogen) atoms. The predicted molar refractivity (Wildman–Crippen MR) is 125 cm³/mol. The first-order chi connectivity index (χ1) is 15.2. The maximum absolute atomic E-state index is 12.1. The lowest BCUT2D eigenvalue weighted by atomic mass is 10.0. The van der Waals surface area contributed by atoms with Gasteiger partial charge in [-0.1, -0.05) is 24.3 Å². The maximum Gasteiger partial charge on any atom is 0.244 e. The number of fused-ring (bicyclic) bond motifs is 1. The molecule has 0 atom stereocenters. The topological polar surface area (TPSA) is 84.9 Å². The van der Waals surface area contributed by atoms with Crippen LogP contribution in [0.25, 0.3) is 6.08 Å². The monoisotopic (exact) mass is 456 g/mol. The second kappa shape index (κ2) is 8.86. The molecule has 2 aromatic carbocycles. The summed E-state index contributed by atoms with van der Waals surface area (Å²) in [6.45, 7) is 5.30. The standard InChI is InChI=1S/C24H28N2O5S/c1-24(2)17-19-5-3-6-21(23(19)31-24)30-15-13-25-22(27)12-9-18-7-10-20(11-8-18)26-14-4-16-32(26,28)29/h3,5-12H,4,13-17H2,1-2H3,(H,25,27)/b12-9+. The second-order valence-electron chi connectivity index (χ2n) is 8.59. The summed E-state index contributed by atoms with van der Waals surface area (Å²) in [4.78, 5) is 12.1. The number of benzene rings is 2. The molecule has 170 valence electrons. The lowest BCUT2D eigenvalue weighted by Crippen LogP contribution is -2.26. The van der Waals surface area contributed by atoms with E-state index in [4.69, 9.17) is 9.47 Å². The molecule has 8 heteroatoms. The van der Waals surface area contributed by atoms with Crippen LogP contribution in [0.1, 0.15) is 31.4 Å². The predicted octanol–water partition coefficient (Wildman–Crippen LogP) is 3.15. The molecule has 1 saturated heterocycles. The number of sulfonamides is 1. The van der Waals surface area contributed by atoms with Crippen LogP contribution in [0.4, 0.5) is 5.69 Å². The third kappa shape index (κ3) is 5.07. The highest BCUT2D eigenvalue weighted by Crippen LogP contribution is 2.41. The fourth-order valence-corrected chi connectivity index (χ4v) is 5.51. The van der Waals surface area contributed by atoms with E-state index in [1.54, 1.807) is 30.3 Å². The van der Waals surface area contributed by atoms with Crippen molar-refractivity contribution in [3.05, 3.63) is 59.7 Å². The number of hydrogen-bond acceptors (Lipinski definition) is 5. The summed E-state index contributed by atoms with van der Waals surface area (Å²) >= 11 is 0. The molecule has 4 rings (SSSR count). The Morgan fingerprint density at radius 2 is 2.00 bits per heavy atom. The lowest BCUT2D eigenvalue weighted by molar-refractivity contribution is -0.116. The number of hydrogen-bond donors (Lipinski definition) is 1. The molecule has 2 aliphatic heterocycles. The molecule has 0 bridgehead atoms. The van der Waals surface area contributed by atoms with E-state index in [1.807, 2.05) is 32.0 Å². The minimum atomic E-state index is -3.19. The van der Waals surface area contributed by atoms with Crippen LogP contribution in [0.3, 0.4) is 0 Å². The van der Waals surface area contributed by atoms with Crippen LogP contribution in [0, 0.1) is 0 Å². The third-order valence-electron chi connectivity index (χ3n) is 5.42. The van der Waals surface area contributed by atoms with E-state index >= 15 is 0 Å². The number of carbonyl (C=O) groups is 1. The van der Waals surface area contributed by atoms with Crippen LogP contribution < -0.4 is 19.1 Å². The Hall–Kier alpha value is -3.00. The molecular weight excluding hydrogens is 428 g/mol. The molecule has 0 saturated carbocycles. The SMILES string of the molecule is CC1(C)Cc2cccc(OCCNC(=O)/C=C/c3ccc(N4CCCS4(=O)=O)cc3)c2O1. The molecule has 2 heterocycles. The molecule has 0 aromatic heterocycles. The first kappa shape index (κ1) is 22.2. The number of ether oxygens (including phenoxy) is 2. The van der Waals surface area contributed by atoms with Crippen LogP contribution >= 0.6 is 0 Å². The molecule has 1 amide bonds. The minimum Gasteiger partial charge on any atom is -0.488 e. The smallest absolute Gasteiger partial charge is 0.244 e. The Bertz CT molecular complexity index is 1120. The summed E-state index contributed by atoms with van der Waals surface area (Å²) in [5.41, 5.74) is 2.37. The Morgan fingerprint density at radius 1 is 1.22 bits per heavy atom. The van der Waals surface area contributed by atoms with E-state index in [1.165, 1.54) is 10.4 Å². The van der Waals surface area contributed by atoms with Gasteiger partial charge >= 0.3 is 0 Å². The molecule has 1 fully saturated rings. The third-order valence-corrected chi connectivity index (χ3v) is 7.29. The van der Waals surface area contributed by atoms with E-state index in [0.717, 1.165) is 23.3 Å². The van der Waals surface area contributed by atoms with Gasteiger partial charge in [0, 0.05) is 24.6 Å². The first-order valence-electron chi connectivity index (χ1n) is 10.7. The number of para-hydroxylation sites is 1. The van der Waals surface area contributed by atoms with Crippen molar-refractivity contribution in [2.24, 2.45) is 0 Å². The van der Waals surface area contributed by atoms with Crippen LogP contribution in [0.15, 0.2) is 48.5 Å². The van der Waals surface area contributed by atoms with Gasteiger partial charge in [0.25, 0.3) is 0 Å². The summed E-state index contributed by atoms with van der Waals surface area (Å²) in [7, 11) is -3.19. The Labute approximate surface area is 189 Å². The normalized spacial score (nSPS) is 18.4. The van der Waals surface area contributed by atoms with Crippen molar-refractivity contribution < 1.29 is 22.7 Å². The highest BCUT2D eigenvalue weighted by atomic mass is 32.2. The Kier molecular flexibility index (Phi) is 6.15. The van der Waals surface area contributed by atoms with E-state index in [0.29, 0.717) is 37.6 Å². The zero-order chi connectivity index (χ0) is 22.8. The quantitative estimate of drug-likeness (QED) is 0.511. The summed E-state index contributed by atoms with van der Waals surface area (Å²) in [5.74, 6) is 1.44. The van der Waals surface area contributed by atoms with Gasteiger partial charge in [-0.05, 0) is 50.1 Å². The molecule has 1 N–H and O–H groups in total. The summed E-state index contributed by atoms with van der Waals surface area (Å²) in [6, 6.07) is 13.0. The highest BCUT2D eigenvalue weighted by molar-refractivity contribution is 7.93. The van der Waals surface area contributed by atoms with Gasteiger partial charge in [0.15, 0.2) is 11.5 Å². The molecule has 0 aliphatic carbocycles. The van der Waals surface area contributed by atoms with Crippen molar-refractivity contribution >= 4 is 27.7 Å². The largest absolute Gasteiger partial charge is 0.488 e. The van der Waals surface area contributed by atoms with Crippen molar-refractivity contribution in [2.45, 2.75) is 32.3 Å². The maximum atomic E-state index is 12.1. The fourth-order valence-electron chi connectivity index (χ4n) is 3.95. The summed E-state index contributed by atoms with van der Waals surface area (Å²) < 4.78 is 37.2. The van der Waals surface area contributed by atoms with E-state index < -0.39 is 10.0 Å². The zero-order valence-electron chi connectivity index (χ0n) is 18.3. The van der Waals surface area contributed by atoms with E-state index in [-0.39, 0.29) is 17.3 Å². The van der Waals surface area contributed by atoms with Gasteiger partial charge < -0.3 is 14.8 Å². The number of amides is 1. The van der Waals surface area contributed by atoms with Gasteiger partial charge in [0.2, 0.25) is 15.9 Å². The Balaban J connectivity index is 1.24. The molecule has 0 unspecified atom stereocenters. The van der Waals surface area contributed by atoms with Gasteiger partial charge in [-0.15, -0.1) is 0 Å². The minimum absolute atomic E-state index is 0.191. The summed E-state index contributed by atoms with van der Waals surface area (Å²) in [6.07, 6.45) is 4.63. The van der Waals surface area contributed by atoms with Crippen molar-refractivity contribution in [1.29, 1.82) is 0 Å². The fraction of sp³-hybridized carbons (Fsp3) is 0.375. The lowest BCUT2D eigenvalue weighted by Gasteiger charge is -2.18. The number of nitrogens with zero attached hydrogens (tertiary/aromatic N) is 1. The van der Waals surface area contributed by atoms with Gasteiger partial charge in [-0.25, -0.2) is 8.42 Å². The van der Waals surface area contributed by atoms with Gasteiger partial charge in [0.05, 0.1) is 18.0 Å². The average molecular weight is 457 g/mol. The van der Waals surface area contributed by atoms with Crippen LogP contribution in [-0.2, 0) is 21.2 Å². The second-order valence-corrected chi connectivity index (χ2v) is 10.6. The number of rotatable bonds is 7. The van der Waals surface area contributed by atoms with Gasteiger partial charge in [0.1, 0.15) is 12.2 Å². The van der Waals surface area contributed by atoms with E-state index in [9.17, 15) is 13.2 Å². The van der Waals surface area contributed by atoms with Crippen molar-refractivity contribution in [1.82, 2.24) is 5.32 Å². The average Bonchev–Trinajstić information content (AvgIpc) is 3.27. The zero-order valence-corrected chi connectivity index (χ0v) is 19.2. The van der Waals surface area contributed by atoms with Crippen LogP contribution in [0.2, 0.25) is 0 Å². The molecular formula is C24H28N2O5S. The number of nitrogens with one attached hydrogen (secondary N) is 1. The van der Waals surface area contributed by atoms with E-state index in [2.05, 4.69) is 5.32 Å². The molecule has 7 nitrogen and oxygen atoms in total.